The molecule has 1 atom stereocenters. The van der Waals surface area contributed by atoms with Gasteiger partial charge in [-0.1, -0.05) is 92.1 Å². The van der Waals surface area contributed by atoms with E-state index in [1.165, 1.54) is 12.0 Å². The molecule has 0 radical (unpaired) electrons. The molecular formula is C32H39N3O5S. The number of carbonyl (C=O) groups is 2. The van der Waals surface area contributed by atoms with Gasteiger partial charge in [0.1, 0.15) is 18.3 Å². The highest BCUT2D eigenvalue weighted by molar-refractivity contribution is 7.92. The van der Waals surface area contributed by atoms with Crippen molar-refractivity contribution in [2.75, 3.05) is 24.2 Å². The van der Waals surface area contributed by atoms with Gasteiger partial charge in [0.05, 0.1) is 19.1 Å². The summed E-state index contributed by atoms with van der Waals surface area (Å²) in [5.41, 5.74) is 2.01. The minimum atomic E-state index is -3.87. The zero-order valence-electron chi connectivity index (χ0n) is 23.7. The van der Waals surface area contributed by atoms with E-state index in [1.54, 1.807) is 24.3 Å². The number of para-hydroxylation sites is 2. The fourth-order valence-corrected chi connectivity index (χ4v) is 6.16. The van der Waals surface area contributed by atoms with Crippen molar-refractivity contribution in [3.63, 3.8) is 0 Å². The molecule has 0 bridgehead atoms. The summed E-state index contributed by atoms with van der Waals surface area (Å²) in [7, 11) is -2.42. The van der Waals surface area contributed by atoms with E-state index in [4.69, 9.17) is 4.74 Å². The number of nitrogens with one attached hydrogen (secondary N) is 1. The van der Waals surface area contributed by atoms with Crippen LogP contribution in [-0.2, 0) is 32.6 Å². The molecule has 1 aliphatic carbocycles. The molecule has 41 heavy (non-hydrogen) atoms. The number of ether oxygens (including phenoxy) is 1. The van der Waals surface area contributed by atoms with Gasteiger partial charge in [0.2, 0.25) is 21.8 Å². The van der Waals surface area contributed by atoms with Gasteiger partial charge in [-0.2, -0.15) is 0 Å². The number of benzene rings is 3. The van der Waals surface area contributed by atoms with Gasteiger partial charge in [0.15, 0.2) is 0 Å². The molecule has 4 rings (SSSR count). The Labute approximate surface area is 243 Å². The Hall–Kier alpha value is -3.85. The van der Waals surface area contributed by atoms with E-state index in [-0.39, 0.29) is 24.2 Å². The molecule has 9 heteroatoms. The molecule has 0 heterocycles. The monoisotopic (exact) mass is 577 g/mol. The van der Waals surface area contributed by atoms with Crippen LogP contribution in [0.1, 0.15) is 43.2 Å². The summed E-state index contributed by atoms with van der Waals surface area (Å²) in [6, 6.07) is 24.9. The second kappa shape index (κ2) is 14.2. The summed E-state index contributed by atoms with van der Waals surface area (Å²) in [6.07, 6.45) is 6.45. The van der Waals surface area contributed by atoms with Crippen LogP contribution in [0.2, 0.25) is 0 Å². The van der Waals surface area contributed by atoms with Crippen molar-refractivity contribution in [3.05, 3.63) is 96.1 Å². The number of hydrogen-bond donors (Lipinski definition) is 1. The lowest BCUT2D eigenvalue weighted by Gasteiger charge is -2.35. The Balaban J connectivity index is 1.72. The first-order valence-electron chi connectivity index (χ1n) is 14.0. The van der Waals surface area contributed by atoms with Gasteiger partial charge in [-0.05, 0) is 36.1 Å². The van der Waals surface area contributed by atoms with Crippen LogP contribution in [0.25, 0.3) is 0 Å². The number of amides is 2. The first-order valence-corrected chi connectivity index (χ1v) is 15.9. The van der Waals surface area contributed by atoms with Crippen LogP contribution in [0, 0.1) is 0 Å². The predicted octanol–water partition coefficient (Wildman–Crippen LogP) is 4.55. The number of anilines is 1. The molecule has 1 fully saturated rings. The average molecular weight is 578 g/mol. The molecule has 1 N–H and O–H groups in total. The number of carbonyl (C=O) groups excluding carboxylic acids is 2. The molecule has 3 aromatic carbocycles. The molecule has 1 saturated carbocycles. The molecule has 218 valence electrons. The summed E-state index contributed by atoms with van der Waals surface area (Å²) < 4.78 is 32.4. The molecule has 0 spiro atoms. The first-order chi connectivity index (χ1) is 19.8. The second-order valence-corrected chi connectivity index (χ2v) is 12.4. The summed E-state index contributed by atoms with van der Waals surface area (Å²) in [5.74, 6) is -0.380. The third-order valence-corrected chi connectivity index (χ3v) is 8.58. The third-order valence-electron chi connectivity index (χ3n) is 7.45. The first kappa shape index (κ1) is 30.1. The number of sulfonamides is 1. The van der Waals surface area contributed by atoms with Crippen molar-refractivity contribution < 1.29 is 22.7 Å². The largest absolute Gasteiger partial charge is 0.495 e. The van der Waals surface area contributed by atoms with Gasteiger partial charge in [0.25, 0.3) is 0 Å². The van der Waals surface area contributed by atoms with E-state index in [0.717, 1.165) is 53.8 Å². The standard InChI is InChI=1S/C32H39N3O5S/c1-40-30-21-13-12-20-28(30)35(41(2,38)39)24-31(36)34(23-26-16-8-4-9-17-26)29(22-25-14-6-3-7-15-25)32(37)33-27-18-10-5-11-19-27/h3-4,6-9,12-17,20-21,27,29H,5,10-11,18-19,22-24H2,1-2H3,(H,33,37)/t29-/m1/s1. The summed E-state index contributed by atoms with van der Waals surface area (Å²) in [4.78, 5) is 29.7. The summed E-state index contributed by atoms with van der Waals surface area (Å²) in [6.45, 7) is -0.327. The van der Waals surface area contributed by atoms with Crippen molar-refractivity contribution >= 4 is 27.5 Å². The molecule has 0 aliphatic heterocycles. The zero-order valence-corrected chi connectivity index (χ0v) is 24.6. The molecule has 0 unspecified atom stereocenters. The fraction of sp³-hybridized carbons (Fsp3) is 0.375. The molecule has 1 aliphatic rings. The van der Waals surface area contributed by atoms with Gasteiger partial charge in [0, 0.05) is 19.0 Å². The Morgan fingerprint density at radius 1 is 0.878 bits per heavy atom. The van der Waals surface area contributed by atoms with Crippen LogP contribution in [0.3, 0.4) is 0 Å². The van der Waals surface area contributed by atoms with E-state index in [0.29, 0.717) is 12.2 Å². The van der Waals surface area contributed by atoms with Crippen molar-refractivity contribution in [1.82, 2.24) is 10.2 Å². The van der Waals surface area contributed by atoms with Crippen molar-refractivity contribution in [1.29, 1.82) is 0 Å². The normalized spacial score (nSPS) is 14.6. The van der Waals surface area contributed by atoms with Crippen LogP contribution < -0.4 is 14.4 Å². The smallest absolute Gasteiger partial charge is 0.244 e. The van der Waals surface area contributed by atoms with E-state index >= 15 is 0 Å². The quantitative estimate of drug-likeness (QED) is 0.341. The fourth-order valence-electron chi connectivity index (χ4n) is 5.31. The molecule has 3 aromatic rings. The molecule has 0 saturated heterocycles. The number of hydrogen-bond acceptors (Lipinski definition) is 5. The van der Waals surface area contributed by atoms with Crippen LogP contribution in [0.5, 0.6) is 5.75 Å². The van der Waals surface area contributed by atoms with Crippen LogP contribution in [0.15, 0.2) is 84.9 Å². The third kappa shape index (κ3) is 8.33. The SMILES string of the molecule is COc1ccccc1N(CC(=O)N(Cc1ccccc1)[C@H](Cc1ccccc1)C(=O)NC1CCCCC1)S(C)(=O)=O. The van der Waals surface area contributed by atoms with Crippen LogP contribution >= 0.6 is 0 Å². The second-order valence-electron chi connectivity index (χ2n) is 10.5. The van der Waals surface area contributed by atoms with Crippen LogP contribution in [0.4, 0.5) is 5.69 Å². The summed E-state index contributed by atoms with van der Waals surface area (Å²) >= 11 is 0. The Morgan fingerprint density at radius 3 is 2.07 bits per heavy atom. The maximum Gasteiger partial charge on any atom is 0.244 e. The topological polar surface area (TPSA) is 96.0 Å². The molecular weight excluding hydrogens is 538 g/mol. The van der Waals surface area contributed by atoms with E-state index < -0.39 is 28.5 Å². The number of rotatable bonds is 12. The maximum atomic E-state index is 14.2. The van der Waals surface area contributed by atoms with Gasteiger partial charge in [-0.3, -0.25) is 13.9 Å². The number of nitrogens with zero attached hydrogens (tertiary/aromatic N) is 2. The van der Waals surface area contributed by atoms with Gasteiger partial charge in [-0.25, -0.2) is 8.42 Å². The van der Waals surface area contributed by atoms with Gasteiger partial charge < -0.3 is 15.0 Å². The van der Waals surface area contributed by atoms with E-state index in [2.05, 4.69) is 5.32 Å². The highest BCUT2D eigenvalue weighted by Gasteiger charge is 2.34. The lowest BCUT2D eigenvalue weighted by atomic mass is 9.94. The lowest BCUT2D eigenvalue weighted by molar-refractivity contribution is -0.140. The zero-order chi connectivity index (χ0) is 29.2. The minimum Gasteiger partial charge on any atom is -0.495 e. The highest BCUT2D eigenvalue weighted by Crippen LogP contribution is 2.30. The Bertz CT molecular complexity index is 1390. The van der Waals surface area contributed by atoms with Crippen molar-refractivity contribution in [2.24, 2.45) is 0 Å². The number of methoxy groups -OCH3 is 1. The van der Waals surface area contributed by atoms with E-state index in [1.807, 2.05) is 60.7 Å². The van der Waals surface area contributed by atoms with Gasteiger partial charge in [-0.15, -0.1) is 0 Å². The molecule has 8 nitrogen and oxygen atoms in total. The average Bonchev–Trinajstić information content (AvgIpc) is 2.98. The van der Waals surface area contributed by atoms with Gasteiger partial charge >= 0.3 is 0 Å². The van der Waals surface area contributed by atoms with E-state index in [9.17, 15) is 18.0 Å². The minimum absolute atomic E-state index is 0.0595. The van der Waals surface area contributed by atoms with Crippen molar-refractivity contribution in [3.8, 4) is 5.75 Å². The van der Waals surface area contributed by atoms with Crippen LogP contribution in [-0.4, -0.2) is 57.1 Å². The maximum absolute atomic E-state index is 14.2. The summed E-state index contributed by atoms with van der Waals surface area (Å²) in [5, 5.41) is 3.21. The predicted molar refractivity (Wildman–Crippen MR) is 161 cm³/mol. The Morgan fingerprint density at radius 2 is 1.46 bits per heavy atom. The Kier molecular flexibility index (Phi) is 10.4. The van der Waals surface area contributed by atoms with Crippen molar-refractivity contribution in [2.45, 2.75) is 57.2 Å². The highest BCUT2D eigenvalue weighted by atomic mass is 32.2. The molecule has 0 aromatic heterocycles. The lowest BCUT2D eigenvalue weighted by Crippen LogP contribution is -2.55. The molecule has 2 amide bonds.